The second kappa shape index (κ2) is 22.9. The Morgan fingerprint density at radius 2 is 0.917 bits per heavy atom. The molecular weight excluding hydrogens is 300 g/mol. The minimum atomic E-state index is 0. The van der Waals surface area contributed by atoms with E-state index in [1.54, 1.807) is 0 Å². The van der Waals surface area contributed by atoms with Crippen LogP contribution in [0.25, 0.3) is 0 Å². The van der Waals surface area contributed by atoms with Crippen LogP contribution in [0.2, 0.25) is 0 Å². The molecule has 0 aliphatic heterocycles. The first-order valence-electron chi connectivity index (χ1n) is 3.39. The van der Waals surface area contributed by atoms with Crippen LogP contribution in [0.3, 0.4) is 0 Å². The molecule has 0 aliphatic carbocycles. The van der Waals surface area contributed by atoms with Crippen LogP contribution in [0.5, 0.6) is 0 Å². The van der Waals surface area contributed by atoms with Gasteiger partial charge in [0.05, 0.1) is 0 Å². The van der Waals surface area contributed by atoms with E-state index in [9.17, 15) is 0 Å². The molecule has 0 fully saturated rings. The maximum atomic E-state index is 8.45. The van der Waals surface area contributed by atoms with Gasteiger partial charge in [0.2, 0.25) is 0 Å². The summed E-state index contributed by atoms with van der Waals surface area (Å²) in [5.74, 6) is 0.972. The summed E-state index contributed by atoms with van der Waals surface area (Å²) in [5, 5.41) is 0. The Kier molecular flexibility index (Phi) is 44.5. The predicted molar refractivity (Wildman–Crippen MR) is 63.7 cm³/mol. The number of hydrogen-bond donors (Lipinski definition) is 0. The van der Waals surface area contributed by atoms with Gasteiger partial charge in [0.15, 0.2) is 0 Å². The first-order chi connectivity index (χ1) is 4.88. The van der Waals surface area contributed by atoms with Crippen LogP contribution in [-0.2, 0) is 24.3 Å². The Hall–Kier alpha value is 1.44. The molecule has 1 nitrogen and oxygen atoms in total. The van der Waals surface area contributed by atoms with Gasteiger partial charge in [-0.1, -0.05) is 0 Å². The third-order valence-electron chi connectivity index (χ3n) is 0. The molecule has 0 bridgehead atoms. The molecule has 5 heteroatoms. The van der Waals surface area contributed by atoms with Gasteiger partial charge in [0.1, 0.15) is 0 Å². The van der Waals surface area contributed by atoms with Gasteiger partial charge in [0, 0.05) is 59.5 Å². The molecular formula is C7H20ClOP2Rh+. The topological polar surface area (TPSA) is 17.1 Å². The van der Waals surface area contributed by atoms with Crippen molar-refractivity contribution in [2.45, 2.75) is 0 Å². The predicted octanol–water partition coefficient (Wildman–Crippen LogP) is 2.47. The normalized spacial score (nSPS) is 7.08. The maximum absolute atomic E-state index is 8.45. The summed E-state index contributed by atoms with van der Waals surface area (Å²) < 4.78 is 0. The standard InChI is InChI=1S/2C3H9P.CClO.Rh/c2*1-4(2)3;2-1-3;/h2*1-3H3;;/q;;-1;/p+2. The van der Waals surface area contributed by atoms with E-state index in [2.05, 4.69) is 51.6 Å². The van der Waals surface area contributed by atoms with Crippen molar-refractivity contribution in [3.05, 3.63) is 0 Å². The van der Waals surface area contributed by atoms with E-state index < -0.39 is 0 Å². The van der Waals surface area contributed by atoms with E-state index in [0.717, 1.165) is 5.75 Å². The van der Waals surface area contributed by atoms with Crippen LogP contribution in [-0.4, -0.2) is 45.7 Å². The molecule has 0 aromatic heterocycles. The molecule has 0 atom stereocenters. The first kappa shape index (κ1) is 23.3. The van der Waals surface area contributed by atoms with Crippen molar-refractivity contribution in [2.75, 3.05) is 40.0 Å². The molecule has 1 radical (unpaired) electrons. The number of carbonyl (C=O) groups excluding carboxylic acids is 1. The Bertz CT molecular complexity index is 60.9. The largest absolute Gasteiger partial charge is 0.525 e. The average Bonchev–Trinajstić information content (AvgIpc) is 1.60. The van der Waals surface area contributed by atoms with Crippen molar-refractivity contribution in [1.82, 2.24) is 0 Å². The van der Waals surface area contributed by atoms with E-state index in [4.69, 9.17) is 4.79 Å². The van der Waals surface area contributed by atoms with Crippen LogP contribution < -0.4 is 0 Å². The third-order valence-corrected chi connectivity index (χ3v) is 0. The Morgan fingerprint density at radius 1 is 0.917 bits per heavy atom. The van der Waals surface area contributed by atoms with Crippen molar-refractivity contribution in [2.24, 2.45) is 0 Å². The van der Waals surface area contributed by atoms with E-state index in [1.165, 1.54) is 0 Å². The maximum Gasteiger partial charge on any atom is 0.0461 e. The summed E-state index contributed by atoms with van der Waals surface area (Å²) in [4.78, 5) is 8.45. The van der Waals surface area contributed by atoms with Gasteiger partial charge in [-0.25, -0.2) is 0 Å². The second-order valence-electron chi connectivity index (χ2n) is 3.08. The fourth-order valence-electron chi connectivity index (χ4n) is 0. The van der Waals surface area contributed by atoms with Gasteiger partial charge in [-0.2, -0.15) is 5.75 Å². The fourth-order valence-corrected chi connectivity index (χ4v) is 0. The molecule has 0 aromatic carbocycles. The number of halogens is 1. The molecule has 0 spiro atoms. The summed E-state index contributed by atoms with van der Waals surface area (Å²) in [6.07, 6.45) is 0. The quantitative estimate of drug-likeness (QED) is 0.290. The number of hydrogen-bond acceptors (Lipinski definition) is 1. The van der Waals surface area contributed by atoms with Gasteiger partial charge in [0.25, 0.3) is 0 Å². The average molecular weight is 321 g/mol. The van der Waals surface area contributed by atoms with E-state index in [1.807, 2.05) is 0 Å². The van der Waals surface area contributed by atoms with Crippen LogP contribution in [0.15, 0.2) is 0 Å². The molecule has 0 N–H and O–H groups in total. The Morgan fingerprint density at radius 3 is 0.917 bits per heavy atom. The summed E-state index contributed by atoms with van der Waals surface area (Å²) in [5.41, 5.74) is 0. The van der Waals surface area contributed by atoms with Crippen LogP contribution in [0.4, 0.5) is 0 Å². The van der Waals surface area contributed by atoms with Crippen molar-refractivity contribution >= 4 is 33.2 Å². The molecule has 12 heavy (non-hydrogen) atoms. The van der Waals surface area contributed by atoms with Crippen LogP contribution in [0.1, 0.15) is 0 Å². The monoisotopic (exact) mass is 320 g/mol. The minimum absolute atomic E-state index is 0. The van der Waals surface area contributed by atoms with Gasteiger partial charge >= 0.3 is 0 Å². The van der Waals surface area contributed by atoms with Gasteiger partial charge < -0.3 is 16.4 Å². The molecule has 0 unspecified atom stereocenters. The number of rotatable bonds is 0. The van der Waals surface area contributed by atoms with Crippen molar-refractivity contribution in [3.63, 3.8) is 0 Å². The summed E-state index contributed by atoms with van der Waals surface area (Å²) in [6, 6.07) is 0. The molecule has 79 valence electrons. The summed E-state index contributed by atoms with van der Waals surface area (Å²) in [7, 11) is 0.241. The SMILES string of the molecule is C[PH+](C)C.C[PH+](C)C.O=[C-]Cl.[Rh]. The zero-order valence-corrected chi connectivity index (χ0v) is 13.0. The first-order valence-corrected chi connectivity index (χ1v) is 9.77. The molecule has 0 rings (SSSR count). The van der Waals surface area contributed by atoms with Gasteiger partial charge in [-0.3, -0.25) is 0 Å². The molecule has 0 heterocycles. The van der Waals surface area contributed by atoms with E-state index in [0.29, 0.717) is 0 Å². The van der Waals surface area contributed by atoms with E-state index >= 15 is 0 Å². The van der Waals surface area contributed by atoms with E-state index in [-0.39, 0.29) is 35.3 Å². The Balaban J connectivity index is -0.0000000389. The van der Waals surface area contributed by atoms with Crippen LogP contribution in [0, 0.1) is 0 Å². The van der Waals surface area contributed by atoms with Gasteiger partial charge in [-0.15, -0.1) is 0 Å². The van der Waals surface area contributed by atoms with Crippen molar-refractivity contribution in [3.8, 4) is 0 Å². The second-order valence-corrected chi connectivity index (χ2v) is 9.23. The van der Waals surface area contributed by atoms with Crippen LogP contribution >= 0.6 is 27.4 Å². The zero-order valence-electron chi connectivity index (χ0n) is 8.62. The summed E-state index contributed by atoms with van der Waals surface area (Å²) >= 11 is 4.19. The Labute approximate surface area is 97.3 Å². The van der Waals surface area contributed by atoms with Gasteiger partial charge in [-0.05, 0) is 15.8 Å². The smallest absolute Gasteiger partial charge is 0.0461 e. The zero-order chi connectivity index (χ0) is 9.86. The molecule has 0 aromatic rings. The third kappa shape index (κ3) is 599. The molecule has 0 saturated heterocycles. The molecule has 0 aliphatic rings. The molecule has 0 amide bonds. The summed E-state index contributed by atoms with van der Waals surface area (Å²) in [6.45, 7) is 13.6. The minimum Gasteiger partial charge on any atom is -0.525 e. The van der Waals surface area contributed by atoms with Crippen molar-refractivity contribution < 1.29 is 24.3 Å². The van der Waals surface area contributed by atoms with Crippen molar-refractivity contribution in [1.29, 1.82) is 0 Å². The fraction of sp³-hybridized carbons (Fsp3) is 0.857. The molecule has 0 saturated carbocycles.